The first-order chi connectivity index (χ1) is 27.2. The second-order valence-corrected chi connectivity index (χ2v) is 19.6. The number of fused-ring (bicyclic) bond motifs is 1. The Balaban J connectivity index is 0.00000585. The van der Waals surface area contributed by atoms with Crippen LogP contribution in [0.4, 0.5) is 5.69 Å². The average molecular weight is 959 g/mol. The molecule has 59 heavy (non-hydrogen) atoms. The van der Waals surface area contributed by atoms with Crippen LogP contribution in [0.15, 0.2) is 109 Å². The SMILES string of the molecule is [C-]#[N+]c1c(C(C)(C)C)cc(-c2nc3c(-c4[c-]c(-c5ccccn5)cc(-c5cc(C(C)(C)C)cc(C(C)(C)C)c5)c4)cccc3n2-c2ccccc2)c(O)c1C(C)(C)C.[Pt]. The predicted molar refractivity (Wildman–Crippen MR) is 242 cm³/mol. The molecule has 2 aromatic heterocycles. The largest absolute Gasteiger partial charge is 0.508 e. The van der Waals surface area contributed by atoms with Gasteiger partial charge in [-0.05, 0) is 68.2 Å². The van der Waals surface area contributed by atoms with Gasteiger partial charge in [0.05, 0.1) is 23.2 Å². The second kappa shape index (κ2) is 15.7. The Morgan fingerprint density at radius 2 is 1.24 bits per heavy atom. The molecule has 0 aliphatic rings. The van der Waals surface area contributed by atoms with E-state index in [1.165, 1.54) is 11.1 Å². The number of hydrogen-bond donors (Lipinski definition) is 1. The van der Waals surface area contributed by atoms with E-state index in [4.69, 9.17) is 16.5 Å². The van der Waals surface area contributed by atoms with Gasteiger partial charge in [-0.15, -0.1) is 23.8 Å². The zero-order valence-electron chi connectivity index (χ0n) is 36.4. The molecule has 0 radical (unpaired) electrons. The molecule has 2 heterocycles. The van der Waals surface area contributed by atoms with Crippen molar-refractivity contribution in [3.8, 4) is 56.3 Å². The first kappa shape index (κ1) is 43.3. The molecule has 0 aliphatic carbocycles. The first-order valence-corrected chi connectivity index (χ1v) is 20.2. The molecule has 0 fully saturated rings. The molecule has 0 amide bonds. The van der Waals surface area contributed by atoms with Gasteiger partial charge in [0, 0.05) is 44.2 Å². The number of hydrogen-bond acceptors (Lipinski definition) is 3. The Hall–Kier alpha value is -5.30. The molecule has 0 saturated carbocycles. The molecule has 5 nitrogen and oxygen atoms in total. The topological polar surface area (TPSA) is 55.3 Å². The van der Waals surface area contributed by atoms with Crippen LogP contribution in [0, 0.1) is 12.6 Å². The zero-order valence-corrected chi connectivity index (χ0v) is 38.7. The van der Waals surface area contributed by atoms with Gasteiger partial charge in [0.25, 0.3) is 0 Å². The Labute approximate surface area is 365 Å². The molecule has 7 aromatic rings. The molecule has 1 N–H and O–H groups in total. The van der Waals surface area contributed by atoms with E-state index in [0.717, 1.165) is 55.8 Å². The minimum Gasteiger partial charge on any atom is -0.508 e. The van der Waals surface area contributed by atoms with Crippen LogP contribution in [0.1, 0.15) is 105 Å². The third-order valence-electron chi connectivity index (χ3n) is 11.0. The van der Waals surface area contributed by atoms with Gasteiger partial charge in [0.1, 0.15) is 11.6 Å². The van der Waals surface area contributed by atoms with Crippen molar-refractivity contribution < 1.29 is 26.2 Å². The average Bonchev–Trinajstić information content (AvgIpc) is 3.56. The minimum absolute atomic E-state index is 0. The molecule has 0 atom stereocenters. The van der Waals surface area contributed by atoms with Crippen molar-refractivity contribution in [2.24, 2.45) is 0 Å². The monoisotopic (exact) mass is 958 g/mol. The van der Waals surface area contributed by atoms with Crippen LogP contribution in [-0.2, 0) is 42.7 Å². The third kappa shape index (κ3) is 8.44. The van der Waals surface area contributed by atoms with Crippen molar-refractivity contribution in [1.29, 1.82) is 0 Å². The maximum absolute atomic E-state index is 12.3. The van der Waals surface area contributed by atoms with Crippen molar-refractivity contribution in [3.05, 3.63) is 149 Å². The number of imidazole rings is 1. The van der Waals surface area contributed by atoms with Crippen molar-refractivity contribution in [1.82, 2.24) is 14.5 Å². The molecule has 7 rings (SSSR count). The van der Waals surface area contributed by atoms with Crippen LogP contribution >= 0.6 is 0 Å². The molecule has 5 aromatic carbocycles. The van der Waals surface area contributed by atoms with Gasteiger partial charge in [-0.1, -0.05) is 167 Å². The van der Waals surface area contributed by atoms with E-state index in [1.54, 1.807) is 0 Å². The number of rotatable bonds is 5. The summed E-state index contributed by atoms with van der Waals surface area (Å²) in [5, 5.41) is 12.3. The van der Waals surface area contributed by atoms with E-state index < -0.39 is 5.41 Å². The van der Waals surface area contributed by atoms with Crippen LogP contribution in [-0.4, -0.2) is 19.6 Å². The number of pyridine rings is 1. The summed E-state index contributed by atoms with van der Waals surface area (Å²) in [4.78, 5) is 14.3. The standard InChI is InChI=1S/C53H55N4O.Pt/c1-50(2,3)37-29-34(30-38(31-37)51(4,5)6)33-26-35(28-36(27-33)43-23-17-18-25-55-43)40-22-19-24-44-46(40)56-49(57(44)39-20-15-14-16-21-39)41-32-42(52(7,8)9)47(54-13)45(48(41)58)53(10,11)12;/h14-27,29-32,58H,1-12H3;/q-1;. The van der Waals surface area contributed by atoms with Crippen molar-refractivity contribution in [2.45, 2.75) is 105 Å². The fourth-order valence-electron chi connectivity index (χ4n) is 7.77. The Morgan fingerprint density at radius 1 is 0.627 bits per heavy atom. The van der Waals surface area contributed by atoms with E-state index >= 15 is 0 Å². The molecular formula is C53H55N4OPt-. The normalized spacial score (nSPS) is 12.3. The molecule has 0 saturated heterocycles. The predicted octanol–water partition coefficient (Wildman–Crippen LogP) is 14.3. The van der Waals surface area contributed by atoms with Crippen molar-refractivity contribution in [2.75, 3.05) is 0 Å². The van der Waals surface area contributed by atoms with E-state index in [1.807, 2.05) is 48.7 Å². The van der Waals surface area contributed by atoms with E-state index in [-0.39, 0.29) is 43.1 Å². The van der Waals surface area contributed by atoms with Gasteiger partial charge in [-0.3, -0.25) is 9.55 Å². The third-order valence-corrected chi connectivity index (χ3v) is 11.0. The fourth-order valence-corrected chi connectivity index (χ4v) is 7.77. The number of phenolic OH excluding ortho intramolecular Hbond substituents is 1. The zero-order chi connectivity index (χ0) is 41.9. The van der Waals surface area contributed by atoms with Gasteiger partial charge in [-0.2, -0.15) is 0 Å². The number of phenols is 1. The van der Waals surface area contributed by atoms with Gasteiger partial charge < -0.3 is 5.11 Å². The number of benzene rings is 5. The summed E-state index contributed by atoms with van der Waals surface area (Å²) in [7, 11) is 0. The summed E-state index contributed by atoms with van der Waals surface area (Å²) in [6.07, 6.45) is 1.82. The van der Waals surface area contributed by atoms with Gasteiger partial charge in [0.15, 0.2) is 5.69 Å². The first-order valence-electron chi connectivity index (χ1n) is 20.2. The number of para-hydroxylation sites is 2. The Bertz CT molecular complexity index is 2680. The van der Waals surface area contributed by atoms with E-state index in [2.05, 4.69) is 159 Å². The fraction of sp³-hybridized carbons (Fsp3) is 0.302. The molecule has 0 unspecified atom stereocenters. The van der Waals surface area contributed by atoms with Crippen molar-refractivity contribution in [3.63, 3.8) is 0 Å². The number of aromatic nitrogens is 3. The Morgan fingerprint density at radius 3 is 1.80 bits per heavy atom. The number of aromatic hydroxyl groups is 1. The Kier molecular flexibility index (Phi) is 11.5. The molecule has 0 spiro atoms. The van der Waals surface area contributed by atoms with Crippen LogP contribution in [0.3, 0.4) is 0 Å². The smallest absolute Gasteiger partial charge is 0.198 e. The summed E-state index contributed by atoms with van der Waals surface area (Å²) < 4.78 is 2.14. The van der Waals surface area contributed by atoms with Crippen molar-refractivity contribution >= 4 is 16.7 Å². The number of nitrogens with zero attached hydrogens (tertiary/aromatic N) is 4. The summed E-state index contributed by atoms with van der Waals surface area (Å²) in [6.45, 7) is 34.4. The van der Waals surface area contributed by atoms with Crippen LogP contribution in [0.25, 0.3) is 66.5 Å². The summed E-state index contributed by atoms with van der Waals surface area (Å²) in [5.74, 6) is 0.687. The van der Waals surface area contributed by atoms with E-state index in [0.29, 0.717) is 22.6 Å². The molecular weight excluding hydrogens is 904 g/mol. The van der Waals surface area contributed by atoms with Crippen LogP contribution < -0.4 is 0 Å². The van der Waals surface area contributed by atoms with Crippen LogP contribution in [0.2, 0.25) is 0 Å². The van der Waals surface area contributed by atoms with Gasteiger partial charge in [-0.25, -0.2) is 9.83 Å². The molecule has 0 aliphatic heterocycles. The molecule has 304 valence electrons. The van der Waals surface area contributed by atoms with Gasteiger partial charge >= 0.3 is 0 Å². The molecule has 6 heteroatoms. The van der Waals surface area contributed by atoms with Crippen LogP contribution in [0.5, 0.6) is 5.75 Å². The second-order valence-electron chi connectivity index (χ2n) is 19.6. The summed E-state index contributed by atoms with van der Waals surface area (Å²) in [5.41, 5.74) is 12.5. The quantitative estimate of drug-likeness (QED) is 0.175. The minimum atomic E-state index is -0.511. The molecule has 0 bridgehead atoms. The van der Waals surface area contributed by atoms with E-state index in [9.17, 15) is 5.11 Å². The maximum Gasteiger partial charge on any atom is 0.198 e. The maximum atomic E-state index is 12.3. The summed E-state index contributed by atoms with van der Waals surface area (Å²) in [6, 6.07) is 39.6. The van der Waals surface area contributed by atoms with Gasteiger partial charge in [0.2, 0.25) is 0 Å². The summed E-state index contributed by atoms with van der Waals surface area (Å²) >= 11 is 0.